The van der Waals surface area contributed by atoms with E-state index in [0.717, 1.165) is 104 Å². The van der Waals surface area contributed by atoms with Crippen molar-refractivity contribution in [2.45, 2.75) is 123 Å². The maximum absolute atomic E-state index is 10.0. The van der Waals surface area contributed by atoms with Crippen LogP contribution in [0.3, 0.4) is 0 Å². The van der Waals surface area contributed by atoms with Crippen molar-refractivity contribution in [2.75, 3.05) is 76.8 Å². The van der Waals surface area contributed by atoms with E-state index < -0.39 is 0 Å². The number of benzene rings is 4. The molecule has 10 rings (SSSR count). The molecule has 4 aromatic rings. The molecular weight excluding hydrogens is 923 g/mol. The van der Waals surface area contributed by atoms with E-state index in [4.69, 9.17) is 23.7 Å². The van der Waals surface area contributed by atoms with E-state index in [1.807, 2.05) is 70.7 Å². The van der Waals surface area contributed by atoms with E-state index in [1.54, 1.807) is 21.3 Å². The summed E-state index contributed by atoms with van der Waals surface area (Å²) < 4.78 is 28.9. The fourth-order valence-corrected chi connectivity index (χ4v) is 15.9. The van der Waals surface area contributed by atoms with Crippen molar-refractivity contribution in [3.05, 3.63) is 101 Å². The van der Waals surface area contributed by atoms with Crippen LogP contribution in [0.25, 0.3) is 0 Å². The van der Waals surface area contributed by atoms with Crippen molar-refractivity contribution in [1.82, 2.24) is 15.5 Å². The lowest BCUT2D eigenvalue weighted by Crippen LogP contribution is -2.45. The van der Waals surface area contributed by atoms with Gasteiger partial charge >= 0.3 is 0 Å². The predicted octanol–water partition coefficient (Wildman–Crippen LogP) is 12.9. The molecule has 6 aliphatic carbocycles. The topological polar surface area (TPSA) is 114 Å². The molecule has 6 aliphatic rings. The molecule has 0 saturated heterocycles. The van der Waals surface area contributed by atoms with Crippen molar-refractivity contribution in [1.29, 1.82) is 0 Å². The number of nitrogens with one attached hydrogen (secondary N) is 2. The fourth-order valence-electron chi connectivity index (χ4n) is 15.9. The van der Waals surface area contributed by atoms with Gasteiger partial charge in [0.2, 0.25) is 0 Å². The molecular formula is C64H95N3O7. The molecule has 4 aromatic carbocycles. The second kappa shape index (κ2) is 25.5. The highest BCUT2D eigenvalue weighted by Gasteiger charge is 2.57. The molecule has 10 nitrogen and oxygen atoms in total. The zero-order valence-electron chi connectivity index (χ0n) is 47.7. The van der Waals surface area contributed by atoms with Crippen LogP contribution in [0.4, 0.5) is 0 Å². The van der Waals surface area contributed by atoms with E-state index in [2.05, 4.69) is 87.7 Å². The number of fused-ring (bicyclic) bond motifs is 10. The highest BCUT2D eigenvalue weighted by molar-refractivity contribution is 5.46. The Balaban J connectivity index is 0.000000196. The second-order valence-corrected chi connectivity index (χ2v) is 23.9. The first-order chi connectivity index (χ1) is 35.6. The van der Waals surface area contributed by atoms with Crippen molar-refractivity contribution in [3.8, 4) is 40.2 Å². The first-order valence-electron chi connectivity index (χ1n) is 28.2. The maximum Gasteiger partial charge on any atom is 0.164 e. The molecule has 0 amide bonds. The van der Waals surface area contributed by atoms with Crippen LogP contribution in [0.5, 0.6) is 40.2 Å². The number of methoxy groups -OCH3 is 3. The van der Waals surface area contributed by atoms with Crippen LogP contribution in [-0.4, -0.2) is 91.9 Å². The number of ether oxygens (including phenoxy) is 5. The lowest BCUT2D eigenvalue weighted by Gasteiger charge is -2.53. The number of phenolic OH excluding ortho intramolecular Hbond substituents is 2. The molecule has 0 spiro atoms. The Labute approximate surface area is 446 Å². The molecule has 74 heavy (non-hydrogen) atoms. The summed E-state index contributed by atoms with van der Waals surface area (Å²) in [6.45, 7) is 12.4. The summed E-state index contributed by atoms with van der Waals surface area (Å²) in [6, 6.07) is 24.3. The van der Waals surface area contributed by atoms with Gasteiger partial charge in [0, 0.05) is 12.6 Å². The first kappa shape index (κ1) is 57.1. The quantitative estimate of drug-likeness (QED) is 0.103. The standard InChI is InChI=1S/C31H43NO3.C29H38O4.2C2H7N/c1-20-16-22-18-24(33)8-9-25(22)26-12-14-31(2)23(7-10-27(31)30(20)26)13-15-35-28-11-6-21(19-32(3)4)17-29(28)34-5;1-18-15-19-16-21(30)6-8-23(19)24-11-13-29(2)20(5-9-25(29)28(18)24)12-14-33-26-10-7-22(31-3)17-27(26)32-4;2*1-3-2/h6,8-9,11,17-18,20,23,26-27,30,33H,7,10,12-16,19H2,1-5H3;6-8,10,16-18,20,24-25,28,30H,5,9,11-15H2,1-4H3;2*3H,1-2H3/t20-,23-,26?,27?,30?,31?;18-,20-,24?,25?,28?,29?;;/m11../s1. The third-order valence-electron chi connectivity index (χ3n) is 19.1. The molecule has 0 aromatic heterocycles. The van der Waals surface area contributed by atoms with Gasteiger partial charge in [-0.2, -0.15) is 0 Å². The lowest BCUT2D eigenvalue weighted by atomic mass is 9.51. The average molecular weight is 1020 g/mol. The number of hydrogen-bond donors (Lipinski definition) is 4. The van der Waals surface area contributed by atoms with Gasteiger partial charge in [0.15, 0.2) is 23.0 Å². The van der Waals surface area contributed by atoms with Gasteiger partial charge in [0.25, 0.3) is 0 Å². The molecule has 10 heteroatoms. The highest BCUT2D eigenvalue weighted by atomic mass is 16.5. The van der Waals surface area contributed by atoms with Crippen molar-refractivity contribution in [2.24, 2.45) is 58.2 Å². The van der Waals surface area contributed by atoms with Crippen molar-refractivity contribution in [3.63, 3.8) is 0 Å². The van der Waals surface area contributed by atoms with E-state index in [1.165, 1.54) is 79.2 Å². The summed E-state index contributed by atoms with van der Waals surface area (Å²) in [4.78, 5) is 2.16. The van der Waals surface area contributed by atoms with Gasteiger partial charge in [-0.15, -0.1) is 0 Å². The molecule has 0 heterocycles. The number of hydrogen-bond acceptors (Lipinski definition) is 10. The Hall–Kier alpha value is -4.64. The van der Waals surface area contributed by atoms with Gasteiger partial charge in [-0.05, 0) is 266 Å². The maximum atomic E-state index is 10.0. The Morgan fingerprint density at radius 3 is 1.43 bits per heavy atom. The summed E-state index contributed by atoms with van der Waals surface area (Å²) in [7, 11) is 16.7. The summed E-state index contributed by atoms with van der Waals surface area (Å²) in [5, 5.41) is 25.5. The summed E-state index contributed by atoms with van der Waals surface area (Å²) in [6.07, 6.45) is 14.9. The van der Waals surface area contributed by atoms with E-state index in [-0.39, 0.29) is 0 Å². The van der Waals surface area contributed by atoms with Crippen molar-refractivity contribution >= 4 is 0 Å². The van der Waals surface area contributed by atoms with Gasteiger partial charge in [0.1, 0.15) is 17.2 Å². The molecule has 8 unspecified atom stereocenters. The second-order valence-electron chi connectivity index (χ2n) is 23.9. The van der Waals surface area contributed by atoms with Crippen LogP contribution < -0.4 is 34.3 Å². The third kappa shape index (κ3) is 12.3. The normalized spacial score (nSPS) is 29.9. The molecule has 4 N–H and O–H groups in total. The first-order valence-corrected chi connectivity index (χ1v) is 28.2. The minimum absolute atomic E-state index is 0.400. The van der Waals surface area contributed by atoms with Gasteiger partial charge in [-0.25, -0.2) is 0 Å². The van der Waals surface area contributed by atoms with Crippen LogP contribution in [0.1, 0.15) is 132 Å². The Morgan fingerprint density at radius 1 is 0.554 bits per heavy atom. The van der Waals surface area contributed by atoms with Crippen molar-refractivity contribution < 1.29 is 33.9 Å². The Morgan fingerprint density at radius 2 is 1.00 bits per heavy atom. The average Bonchev–Trinajstić information content (AvgIpc) is 3.89. The Bertz CT molecular complexity index is 2420. The predicted molar refractivity (Wildman–Crippen MR) is 302 cm³/mol. The highest BCUT2D eigenvalue weighted by Crippen LogP contribution is 2.66. The van der Waals surface area contributed by atoms with E-state index in [9.17, 15) is 10.2 Å². The van der Waals surface area contributed by atoms with Crippen LogP contribution in [0.15, 0.2) is 72.8 Å². The third-order valence-corrected chi connectivity index (χ3v) is 19.1. The van der Waals surface area contributed by atoms with Gasteiger partial charge in [0.05, 0.1) is 34.5 Å². The largest absolute Gasteiger partial charge is 0.508 e. The van der Waals surface area contributed by atoms with Gasteiger partial charge in [-0.1, -0.05) is 45.9 Å². The SMILES string of the molecule is CNC.CNC.COc1cc(CN(C)C)ccc1OCC[C@H]1CCC2C3C(CCC21C)c1ccc(O)cc1C[C@H]3C.COc1ccc(OCC[C@H]2CCC3C4C(CCC32C)c2ccc(O)cc2C[C@H]4C)c(OC)c1. The van der Waals surface area contributed by atoms with E-state index >= 15 is 0 Å². The van der Waals surface area contributed by atoms with Crippen LogP contribution in [-0.2, 0) is 19.4 Å². The van der Waals surface area contributed by atoms with Gasteiger partial charge in [-0.3, -0.25) is 0 Å². The smallest absolute Gasteiger partial charge is 0.164 e. The zero-order valence-corrected chi connectivity index (χ0v) is 47.7. The van der Waals surface area contributed by atoms with E-state index in [0.29, 0.717) is 51.9 Å². The number of phenols is 2. The number of rotatable bonds is 13. The molecule has 0 aliphatic heterocycles. The fraction of sp³-hybridized carbons (Fsp3) is 0.625. The molecule has 0 bridgehead atoms. The molecule has 0 radical (unpaired) electrons. The molecule has 4 saturated carbocycles. The minimum Gasteiger partial charge on any atom is -0.508 e. The van der Waals surface area contributed by atoms with Crippen LogP contribution in [0.2, 0.25) is 0 Å². The molecule has 12 atom stereocenters. The number of nitrogens with zero attached hydrogens (tertiary/aromatic N) is 1. The summed E-state index contributed by atoms with van der Waals surface area (Å²) >= 11 is 0. The van der Waals surface area contributed by atoms with Crippen LogP contribution in [0, 0.1) is 58.2 Å². The number of aromatic hydroxyl groups is 2. The summed E-state index contributed by atoms with van der Waals surface area (Å²) in [5.74, 6) is 12.0. The molecule has 408 valence electrons. The zero-order chi connectivity index (χ0) is 53.3. The minimum atomic E-state index is 0.400. The molecule has 4 fully saturated rings. The summed E-state index contributed by atoms with van der Waals surface area (Å²) in [5.41, 5.74) is 7.84. The van der Waals surface area contributed by atoms with Crippen LogP contribution >= 0.6 is 0 Å². The lowest BCUT2D eigenvalue weighted by molar-refractivity contribution is 0.000861. The Kier molecular flexibility index (Phi) is 19.6. The monoisotopic (exact) mass is 1020 g/mol. The van der Waals surface area contributed by atoms with Gasteiger partial charge < -0.3 is 49.4 Å².